The Hall–Kier alpha value is -2.56. The van der Waals surface area contributed by atoms with Gasteiger partial charge in [0.2, 0.25) is 0 Å². The number of hydrogen-bond donors (Lipinski definition) is 1. The maximum absolute atomic E-state index is 12.7. The lowest BCUT2D eigenvalue weighted by atomic mass is 9.99. The van der Waals surface area contributed by atoms with E-state index in [4.69, 9.17) is 9.15 Å². The van der Waals surface area contributed by atoms with E-state index in [-0.39, 0.29) is 18.3 Å². The molecule has 0 radical (unpaired) electrons. The van der Waals surface area contributed by atoms with Crippen molar-refractivity contribution in [3.63, 3.8) is 0 Å². The van der Waals surface area contributed by atoms with Crippen LogP contribution in [-0.2, 0) is 4.79 Å². The number of anilines is 1. The molecule has 0 aliphatic carbocycles. The molecular weight excluding hydrogens is 270 g/mol. The monoisotopic (exact) mass is 285 g/mol. The van der Waals surface area contributed by atoms with E-state index in [1.54, 1.807) is 25.1 Å². The van der Waals surface area contributed by atoms with E-state index in [0.717, 1.165) is 11.3 Å². The number of carbonyl (C=O) groups is 2. The van der Waals surface area contributed by atoms with Gasteiger partial charge in [0, 0.05) is 11.1 Å². The molecule has 0 unspecified atom stereocenters. The number of furan rings is 1. The van der Waals surface area contributed by atoms with Crippen molar-refractivity contribution in [2.24, 2.45) is 0 Å². The normalized spacial score (nSPS) is 13.4. The smallest absolute Gasteiger partial charge is 0.262 e. The highest BCUT2D eigenvalue weighted by atomic mass is 16.5. The second-order valence-electron chi connectivity index (χ2n) is 5.09. The minimum absolute atomic E-state index is 0.000561. The summed E-state index contributed by atoms with van der Waals surface area (Å²) in [7, 11) is 0. The van der Waals surface area contributed by atoms with Gasteiger partial charge in [0.25, 0.3) is 5.91 Å². The molecule has 21 heavy (non-hydrogen) atoms. The van der Waals surface area contributed by atoms with Gasteiger partial charge in [-0.2, -0.15) is 0 Å². The summed E-state index contributed by atoms with van der Waals surface area (Å²) >= 11 is 0. The average Bonchev–Trinajstić information content (AvgIpc) is 2.70. The fourth-order valence-corrected chi connectivity index (χ4v) is 2.50. The van der Waals surface area contributed by atoms with Crippen LogP contribution in [0.25, 0.3) is 0 Å². The third-order valence-electron chi connectivity index (χ3n) is 3.66. The molecule has 0 fully saturated rings. The van der Waals surface area contributed by atoms with Gasteiger partial charge in [0.1, 0.15) is 17.3 Å². The van der Waals surface area contributed by atoms with E-state index in [9.17, 15) is 9.59 Å². The van der Waals surface area contributed by atoms with Crippen LogP contribution in [0, 0.1) is 20.8 Å². The number of hydrogen-bond acceptors (Lipinski definition) is 4. The molecule has 1 amide bonds. The Bertz CT molecular complexity index is 758. The number of carbonyl (C=O) groups excluding carboxylic acids is 2. The Morgan fingerprint density at radius 1 is 1.19 bits per heavy atom. The molecule has 5 heteroatoms. The number of nitrogens with one attached hydrogen (secondary N) is 1. The second kappa shape index (κ2) is 4.77. The Morgan fingerprint density at radius 2 is 1.95 bits per heavy atom. The minimum Gasteiger partial charge on any atom is -0.482 e. The molecule has 1 aromatic heterocycles. The van der Waals surface area contributed by atoms with Gasteiger partial charge in [-0.15, -0.1) is 0 Å². The molecule has 1 aromatic carbocycles. The first-order chi connectivity index (χ1) is 9.97. The van der Waals surface area contributed by atoms with Crippen molar-refractivity contribution in [3.05, 3.63) is 46.4 Å². The Labute approximate surface area is 121 Å². The maximum Gasteiger partial charge on any atom is 0.262 e. The lowest BCUT2D eigenvalue weighted by Gasteiger charge is -2.18. The molecule has 1 aliphatic rings. The molecule has 0 spiro atoms. The fraction of sp³-hybridized carbons (Fsp3) is 0.250. The molecule has 2 heterocycles. The van der Waals surface area contributed by atoms with E-state index < -0.39 is 0 Å². The first-order valence-electron chi connectivity index (χ1n) is 6.65. The third kappa shape index (κ3) is 2.20. The zero-order valence-corrected chi connectivity index (χ0v) is 12.1. The zero-order valence-electron chi connectivity index (χ0n) is 12.1. The molecule has 0 saturated carbocycles. The van der Waals surface area contributed by atoms with E-state index in [0.29, 0.717) is 28.3 Å². The van der Waals surface area contributed by atoms with Gasteiger partial charge in [-0.1, -0.05) is 0 Å². The highest BCUT2D eigenvalue weighted by Gasteiger charge is 2.22. The van der Waals surface area contributed by atoms with Crippen molar-refractivity contribution >= 4 is 17.4 Å². The molecule has 0 saturated heterocycles. The largest absolute Gasteiger partial charge is 0.482 e. The zero-order chi connectivity index (χ0) is 15.1. The summed E-state index contributed by atoms with van der Waals surface area (Å²) in [4.78, 5) is 24.0. The minimum atomic E-state index is -0.224. The van der Waals surface area contributed by atoms with Crippen LogP contribution < -0.4 is 10.1 Å². The highest BCUT2D eigenvalue weighted by Crippen LogP contribution is 2.31. The molecule has 3 rings (SSSR count). The quantitative estimate of drug-likeness (QED) is 0.861. The van der Waals surface area contributed by atoms with Crippen molar-refractivity contribution in [2.75, 3.05) is 11.9 Å². The van der Waals surface area contributed by atoms with E-state index in [1.165, 1.54) is 0 Å². The second-order valence-corrected chi connectivity index (χ2v) is 5.09. The average molecular weight is 285 g/mol. The predicted octanol–water partition coefficient (Wildman–Crippen LogP) is 2.77. The van der Waals surface area contributed by atoms with Crippen molar-refractivity contribution in [1.29, 1.82) is 0 Å². The maximum atomic E-state index is 12.7. The van der Waals surface area contributed by atoms with E-state index in [2.05, 4.69) is 5.32 Å². The van der Waals surface area contributed by atoms with Crippen LogP contribution in [0.2, 0.25) is 0 Å². The van der Waals surface area contributed by atoms with Gasteiger partial charge >= 0.3 is 0 Å². The molecule has 108 valence electrons. The summed E-state index contributed by atoms with van der Waals surface area (Å²) in [6, 6.07) is 5.02. The number of benzene rings is 1. The van der Waals surface area contributed by atoms with Crippen LogP contribution >= 0.6 is 0 Å². The number of rotatable bonds is 2. The van der Waals surface area contributed by atoms with Crippen LogP contribution in [0.1, 0.15) is 33.0 Å². The number of fused-ring (bicyclic) bond motifs is 1. The number of amides is 1. The topological polar surface area (TPSA) is 68.5 Å². The van der Waals surface area contributed by atoms with Crippen LogP contribution in [0.4, 0.5) is 5.69 Å². The predicted molar refractivity (Wildman–Crippen MR) is 76.9 cm³/mol. The van der Waals surface area contributed by atoms with Gasteiger partial charge < -0.3 is 14.5 Å². The van der Waals surface area contributed by atoms with Crippen LogP contribution in [0.15, 0.2) is 22.6 Å². The Morgan fingerprint density at radius 3 is 2.62 bits per heavy atom. The molecule has 1 N–H and O–H groups in total. The molecule has 5 nitrogen and oxygen atoms in total. The summed E-state index contributed by atoms with van der Waals surface area (Å²) < 4.78 is 10.8. The van der Waals surface area contributed by atoms with E-state index in [1.807, 2.05) is 13.8 Å². The van der Waals surface area contributed by atoms with Gasteiger partial charge in [0.15, 0.2) is 12.4 Å². The van der Waals surface area contributed by atoms with Gasteiger partial charge in [-0.3, -0.25) is 9.59 Å². The van der Waals surface area contributed by atoms with Crippen molar-refractivity contribution in [1.82, 2.24) is 0 Å². The third-order valence-corrected chi connectivity index (χ3v) is 3.66. The van der Waals surface area contributed by atoms with Crippen molar-refractivity contribution < 1.29 is 18.7 Å². The lowest BCUT2D eigenvalue weighted by Crippen LogP contribution is -2.25. The SMILES string of the molecule is Cc1oc(C)c(C(=O)c2ccc3c(c2)NC(=O)CO3)c1C. The van der Waals surface area contributed by atoms with Crippen molar-refractivity contribution in [2.45, 2.75) is 20.8 Å². The van der Waals surface area contributed by atoms with Crippen LogP contribution in [-0.4, -0.2) is 18.3 Å². The Balaban J connectivity index is 2.03. The van der Waals surface area contributed by atoms with Crippen LogP contribution in [0.3, 0.4) is 0 Å². The fourth-order valence-electron chi connectivity index (χ4n) is 2.50. The first-order valence-corrected chi connectivity index (χ1v) is 6.65. The summed E-state index contributed by atoms with van der Waals surface area (Å²) in [5, 5.41) is 2.70. The van der Waals surface area contributed by atoms with Gasteiger partial charge in [-0.05, 0) is 39.0 Å². The van der Waals surface area contributed by atoms with Gasteiger partial charge in [0.05, 0.1) is 11.3 Å². The highest BCUT2D eigenvalue weighted by molar-refractivity contribution is 6.11. The standard InChI is InChI=1S/C16H15NO4/c1-8-9(2)21-10(3)15(8)16(19)11-4-5-13-12(6-11)17-14(18)7-20-13/h4-6H,7H2,1-3H3,(H,17,18). The summed E-state index contributed by atoms with van der Waals surface area (Å²) in [5.41, 5.74) is 2.44. The summed E-state index contributed by atoms with van der Waals surface area (Å²) in [6.07, 6.45) is 0. The lowest BCUT2D eigenvalue weighted by molar-refractivity contribution is -0.118. The molecule has 0 atom stereocenters. The molecule has 2 aromatic rings. The van der Waals surface area contributed by atoms with Crippen LogP contribution in [0.5, 0.6) is 5.75 Å². The number of ketones is 1. The molecular formula is C16H15NO4. The molecule has 1 aliphatic heterocycles. The number of aryl methyl sites for hydroxylation is 2. The van der Waals surface area contributed by atoms with Crippen molar-refractivity contribution in [3.8, 4) is 5.75 Å². The van der Waals surface area contributed by atoms with E-state index >= 15 is 0 Å². The Kier molecular flexibility index (Phi) is 3.05. The van der Waals surface area contributed by atoms with Gasteiger partial charge in [-0.25, -0.2) is 0 Å². The number of ether oxygens (including phenoxy) is 1. The molecule has 0 bridgehead atoms. The first kappa shape index (κ1) is 13.4. The summed E-state index contributed by atoms with van der Waals surface area (Å²) in [5.74, 6) is 1.57. The summed E-state index contributed by atoms with van der Waals surface area (Å²) in [6.45, 7) is 5.47.